The van der Waals surface area contributed by atoms with Crippen molar-refractivity contribution in [3.63, 3.8) is 0 Å². The molecule has 1 aromatic heterocycles. The zero-order chi connectivity index (χ0) is 15.9. The molecule has 1 aromatic carbocycles. The Morgan fingerprint density at radius 1 is 1.41 bits per heavy atom. The highest BCUT2D eigenvalue weighted by atomic mass is 79.9. The second kappa shape index (κ2) is 5.64. The van der Waals surface area contributed by atoms with Gasteiger partial charge in [0.15, 0.2) is 17.2 Å². The van der Waals surface area contributed by atoms with Crippen LogP contribution in [0.4, 0.5) is 0 Å². The Hall–Kier alpha value is -2.02. The molecule has 0 atom stereocenters. The number of aromatic carboxylic acids is 1. The molecule has 0 spiro atoms. The maximum atomic E-state index is 11.0. The molecule has 0 amide bonds. The minimum Gasteiger partial charge on any atom is -0.493 e. The molecule has 1 N–H and O–H groups in total. The summed E-state index contributed by atoms with van der Waals surface area (Å²) in [7, 11) is 3.29. The number of nitrogens with zero attached hydrogens (tertiary/aromatic N) is 2. The number of hydrogen-bond donors (Lipinski definition) is 1. The molecule has 1 fully saturated rings. The number of halogens is 1. The maximum absolute atomic E-state index is 11.0. The van der Waals surface area contributed by atoms with Gasteiger partial charge >= 0.3 is 5.97 Å². The molecule has 7 heteroatoms. The summed E-state index contributed by atoms with van der Waals surface area (Å²) in [6.07, 6.45) is 2.37. The van der Waals surface area contributed by atoms with Crippen LogP contribution in [-0.2, 0) is 7.05 Å². The lowest BCUT2D eigenvalue weighted by Gasteiger charge is -2.14. The van der Waals surface area contributed by atoms with Crippen molar-refractivity contribution in [3.05, 3.63) is 28.4 Å². The van der Waals surface area contributed by atoms with Crippen LogP contribution in [0.3, 0.4) is 0 Å². The topological polar surface area (TPSA) is 73.6 Å². The van der Waals surface area contributed by atoms with Gasteiger partial charge in [-0.3, -0.25) is 4.68 Å². The zero-order valence-corrected chi connectivity index (χ0v) is 13.8. The van der Waals surface area contributed by atoms with Gasteiger partial charge in [-0.15, -0.1) is 0 Å². The molecule has 0 saturated heterocycles. The standard InChI is InChI=1S/C15H15BrN2O4/c1-18-12(7-11(17-18)15(19)20)8-5-10(16)14(13(6-8)21-2)22-9-3-4-9/h5-7,9H,3-4H2,1-2H3,(H,19,20). The predicted molar refractivity (Wildman–Crippen MR) is 83.5 cm³/mol. The number of carboxylic acid groups (broad SMARTS) is 1. The molecule has 22 heavy (non-hydrogen) atoms. The van der Waals surface area contributed by atoms with Crippen molar-refractivity contribution in [1.29, 1.82) is 0 Å². The third-order valence-corrected chi connectivity index (χ3v) is 4.02. The van der Waals surface area contributed by atoms with Crippen molar-refractivity contribution in [2.75, 3.05) is 7.11 Å². The van der Waals surface area contributed by atoms with E-state index in [0.29, 0.717) is 17.2 Å². The first kappa shape index (κ1) is 14.9. The summed E-state index contributed by atoms with van der Waals surface area (Å²) in [5, 5.41) is 13.0. The van der Waals surface area contributed by atoms with Gasteiger partial charge in [-0.05, 0) is 47.0 Å². The molecule has 2 aromatic rings. The molecule has 1 aliphatic rings. The van der Waals surface area contributed by atoms with Crippen LogP contribution < -0.4 is 9.47 Å². The summed E-state index contributed by atoms with van der Waals surface area (Å²) < 4.78 is 13.6. The summed E-state index contributed by atoms with van der Waals surface area (Å²) in [6, 6.07) is 5.24. The van der Waals surface area contributed by atoms with Crippen LogP contribution in [0.2, 0.25) is 0 Å². The molecule has 0 unspecified atom stereocenters. The van der Waals surface area contributed by atoms with Crippen molar-refractivity contribution in [3.8, 4) is 22.8 Å². The van der Waals surface area contributed by atoms with E-state index in [2.05, 4.69) is 21.0 Å². The summed E-state index contributed by atoms with van der Waals surface area (Å²) in [4.78, 5) is 11.0. The zero-order valence-electron chi connectivity index (χ0n) is 12.2. The highest BCUT2D eigenvalue weighted by Crippen LogP contribution is 2.42. The summed E-state index contributed by atoms with van der Waals surface area (Å²) in [6.45, 7) is 0. The number of aryl methyl sites for hydroxylation is 1. The summed E-state index contributed by atoms with van der Waals surface area (Å²) >= 11 is 3.50. The maximum Gasteiger partial charge on any atom is 0.356 e. The van der Waals surface area contributed by atoms with Crippen molar-refractivity contribution in [2.45, 2.75) is 18.9 Å². The van der Waals surface area contributed by atoms with Crippen LogP contribution in [0.25, 0.3) is 11.3 Å². The van der Waals surface area contributed by atoms with Crippen LogP contribution in [0.15, 0.2) is 22.7 Å². The SMILES string of the molecule is COc1cc(-c2cc(C(=O)O)nn2C)cc(Br)c1OC1CC1. The van der Waals surface area contributed by atoms with Crippen molar-refractivity contribution >= 4 is 21.9 Å². The number of rotatable bonds is 5. The Balaban J connectivity index is 2.04. The minimum atomic E-state index is -1.05. The average Bonchev–Trinajstić information content (AvgIpc) is 3.21. The average molecular weight is 367 g/mol. The summed E-state index contributed by atoms with van der Waals surface area (Å²) in [5.74, 6) is 0.227. The highest BCUT2D eigenvalue weighted by Gasteiger charge is 2.26. The molecule has 0 aliphatic heterocycles. The van der Waals surface area contributed by atoms with Gasteiger partial charge in [0.05, 0.1) is 23.4 Å². The Bertz CT molecular complexity index is 737. The Kier molecular flexibility index (Phi) is 3.82. The molecule has 1 heterocycles. The number of methoxy groups -OCH3 is 1. The number of carbonyl (C=O) groups is 1. The smallest absolute Gasteiger partial charge is 0.356 e. The molecule has 1 saturated carbocycles. The van der Waals surface area contributed by atoms with E-state index < -0.39 is 5.97 Å². The normalized spacial score (nSPS) is 14.0. The van der Waals surface area contributed by atoms with Gasteiger partial charge in [0.2, 0.25) is 0 Å². The largest absolute Gasteiger partial charge is 0.493 e. The van der Waals surface area contributed by atoms with Crippen LogP contribution in [0.1, 0.15) is 23.3 Å². The fourth-order valence-electron chi connectivity index (χ4n) is 2.18. The van der Waals surface area contributed by atoms with E-state index in [1.165, 1.54) is 10.7 Å². The van der Waals surface area contributed by atoms with Crippen molar-refractivity contribution in [1.82, 2.24) is 9.78 Å². The number of carboxylic acids is 1. The lowest BCUT2D eigenvalue weighted by Crippen LogP contribution is -2.01. The quantitative estimate of drug-likeness (QED) is 0.879. The van der Waals surface area contributed by atoms with E-state index in [9.17, 15) is 4.79 Å². The molecular formula is C15H15BrN2O4. The Labute approximate surface area is 135 Å². The van der Waals surface area contributed by atoms with E-state index in [-0.39, 0.29) is 11.8 Å². The third kappa shape index (κ3) is 2.81. The number of benzene rings is 1. The molecule has 0 radical (unpaired) electrons. The van der Waals surface area contributed by atoms with Crippen molar-refractivity contribution in [2.24, 2.45) is 7.05 Å². The first-order valence-corrected chi connectivity index (χ1v) is 7.60. The lowest BCUT2D eigenvalue weighted by molar-refractivity contribution is 0.0689. The predicted octanol–water partition coefficient (Wildman–Crippen LogP) is 3.10. The fraction of sp³-hybridized carbons (Fsp3) is 0.333. The Morgan fingerprint density at radius 3 is 2.68 bits per heavy atom. The first-order valence-electron chi connectivity index (χ1n) is 6.81. The number of aromatic nitrogens is 2. The van der Waals surface area contributed by atoms with Gasteiger partial charge < -0.3 is 14.6 Å². The van der Waals surface area contributed by atoms with Crippen LogP contribution in [0.5, 0.6) is 11.5 Å². The molecular weight excluding hydrogens is 352 g/mol. The van der Waals surface area contributed by atoms with Crippen molar-refractivity contribution < 1.29 is 19.4 Å². The van der Waals surface area contributed by atoms with Crippen LogP contribution in [0, 0.1) is 0 Å². The minimum absolute atomic E-state index is 0.00546. The van der Waals surface area contributed by atoms with E-state index >= 15 is 0 Å². The molecule has 6 nitrogen and oxygen atoms in total. The van der Waals surface area contributed by atoms with Gasteiger partial charge in [0.25, 0.3) is 0 Å². The van der Waals surface area contributed by atoms with Crippen LogP contribution >= 0.6 is 15.9 Å². The molecule has 0 bridgehead atoms. The third-order valence-electron chi connectivity index (χ3n) is 3.43. The van der Waals surface area contributed by atoms with Crippen LogP contribution in [-0.4, -0.2) is 34.1 Å². The molecule has 116 valence electrons. The fourth-order valence-corrected chi connectivity index (χ4v) is 2.71. The van der Waals surface area contributed by atoms with E-state index in [0.717, 1.165) is 22.9 Å². The summed E-state index contributed by atoms with van der Waals surface area (Å²) in [5.41, 5.74) is 1.50. The second-order valence-electron chi connectivity index (χ2n) is 5.15. The monoisotopic (exact) mass is 366 g/mol. The van der Waals surface area contributed by atoms with Gasteiger partial charge in [-0.2, -0.15) is 5.10 Å². The van der Waals surface area contributed by atoms with Gasteiger partial charge in [0, 0.05) is 12.6 Å². The first-order chi connectivity index (χ1) is 10.5. The van der Waals surface area contributed by atoms with E-state index in [1.807, 2.05) is 12.1 Å². The molecule has 3 rings (SSSR count). The van der Waals surface area contributed by atoms with Gasteiger partial charge in [-0.1, -0.05) is 0 Å². The van der Waals surface area contributed by atoms with E-state index in [4.69, 9.17) is 14.6 Å². The van der Waals surface area contributed by atoms with E-state index in [1.54, 1.807) is 14.2 Å². The second-order valence-corrected chi connectivity index (χ2v) is 6.00. The number of ether oxygens (including phenoxy) is 2. The lowest BCUT2D eigenvalue weighted by atomic mass is 10.1. The van der Waals surface area contributed by atoms with Gasteiger partial charge in [0.1, 0.15) is 0 Å². The molecule has 1 aliphatic carbocycles. The highest BCUT2D eigenvalue weighted by molar-refractivity contribution is 9.10. The number of hydrogen-bond acceptors (Lipinski definition) is 4. The Morgan fingerprint density at radius 2 is 2.14 bits per heavy atom. The van der Waals surface area contributed by atoms with Gasteiger partial charge in [-0.25, -0.2) is 4.79 Å².